The molecular formula is C23H30N4O. The van der Waals surface area contributed by atoms with Gasteiger partial charge in [0.1, 0.15) is 0 Å². The topological polar surface area (TPSA) is 56.7 Å². The fourth-order valence-corrected chi connectivity index (χ4v) is 3.91. The number of carbonyl (C=O) groups excluding carboxylic acids is 1. The number of rotatable bonds is 5. The number of hydrogen-bond donors (Lipinski definition) is 2. The van der Waals surface area contributed by atoms with Crippen molar-refractivity contribution in [3.63, 3.8) is 0 Å². The predicted molar refractivity (Wildman–Crippen MR) is 115 cm³/mol. The van der Waals surface area contributed by atoms with E-state index in [2.05, 4.69) is 57.8 Å². The summed E-state index contributed by atoms with van der Waals surface area (Å²) in [5, 5.41) is 6.33. The molecule has 1 saturated heterocycles. The van der Waals surface area contributed by atoms with E-state index in [1.165, 1.54) is 5.56 Å². The first-order chi connectivity index (χ1) is 13.7. The van der Waals surface area contributed by atoms with Crippen molar-refractivity contribution in [1.82, 2.24) is 15.5 Å². The molecule has 5 heteroatoms. The highest BCUT2D eigenvalue weighted by Crippen LogP contribution is 2.32. The maximum absolute atomic E-state index is 12.1. The molecule has 0 saturated carbocycles. The van der Waals surface area contributed by atoms with Gasteiger partial charge in [0.05, 0.1) is 0 Å². The van der Waals surface area contributed by atoms with Crippen molar-refractivity contribution in [2.24, 2.45) is 10.9 Å². The SMILES string of the molecule is CN=C(NCCNC(=O)c1ccccc1)N1CCC(c2ccccc2)C(C)C1. The van der Waals surface area contributed by atoms with E-state index in [1.54, 1.807) is 0 Å². The van der Waals surface area contributed by atoms with E-state index < -0.39 is 0 Å². The Labute approximate surface area is 167 Å². The van der Waals surface area contributed by atoms with Gasteiger partial charge in [-0.25, -0.2) is 0 Å². The molecule has 2 aromatic carbocycles. The minimum Gasteiger partial charge on any atom is -0.354 e. The molecule has 0 spiro atoms. The summed E-state index contributed by atoms with van der Waals surface area (Å²) in [6.45, 7) is 5.49. The Bertz CT molecular complexity index is 776. The third-order valence-electron chi connectivity index (χ3n) is 5.37. The lowest BCUT2D eigenvalue weighted by atomic mass is 9.82. The Balaban J connectivity index is 1.45. The molecule has 0 aliphatic carbocycles. The number of nitrogens with zero attached hydrogens (tertiary/aromatic N) is 2. The summed E-state index contributed by atoms with van der Waals surface area (Å²) in [6, 6.07) is 20.1. The van der Waals surface area contributed by atoms with Crippen LogP contribution in [0.3, 0.4) is 0 Å². The maximum atomic E-state index is 12.1. The molecule has 1 fully saturated rings. The lowest BCUT2D eigenvalue weighted by Gasteiger charge is -2.39. The van der Waals surface area contributed by atoms with Crippen molar-refractivity contribution >= 4 is 11.9 Å². The van der Waals surface area contributed by atoms with Gasteiger partial charge in [0, 0.05) is 38.8 Å². The Morgan fingerprint density at radius 1 is 1.04 bits per heavy atom. The maximum Gasteiger partial charge on any atom is 0.251 e. The molecule has 2 unspecified atom stereocenters. The van der Waals surface area contributed by atoms with Gasteiger partial charge in [-0.3, -0.25) is 9.79 Å². The Kier molecular flexibility index (Phi) is 7.06. The van der Waals surface area contributed by atoms with Gasteiger partial charge in [-0.15, -0.1) is 0 Å². The summed E-state index contributed by atoms with van der Waals surface area (Å²) in [7, 11) is 1.82. The van der Waals surface area contributed by atoms with E-state index in [9.17, 15) is 4.79 Å². The fourth-order valence-electron chi connectivity index (χ4n) is 3.91. The first kappa shape index (κ1) is 19.9. The van der Waals surface area contributed by atoms with Crippen LogP contribution in [0, 0.1) is 5.92 Å². The average Bonchev–Trinajstić information content (AvgIpc) is 2.75. The van der Waals surface area contributed by atoms with Gasteiger partial charge >= 0.3 is 0 Å². The highest BCUT2D eigenvalue weighted by molar-refractivity contribution is 5.94. The molecule has 0 bridgehead atoms. The first-order valence-corrected chi connectivity index (χ1v) is 10.0. The lowest BCUT2D eigenvalue weighted by molar-refractivity contribution is 0.0954. The van der Waals surface area contributed by atoms with Crippen molar-refractivity contribution < 1.29 is 4.79 Å². The van der Waals surface area contributed by atoms with E-state index in [0.717, 1.165) is 25.5 Å². The minimum absolute atomic E-state index is 0.0466. The Morgan fingerprint density at radius 2 is 1.68 bits per heavy atom. The monoisotopic (exact) mass is 378 g/mol. The van der Waals surface area contributed by atoms with Crippen molar-refractivity contribution in [1.29, 1.82) is 0 Å². The number of aliphatic imine (C=N–C) groups is 1. The molecular weight excluding hydrogens is 348 g/mol. The van der Waals surface area contributed by atoms with Crippen LogP contribution in [-0.2, 0) is 0 Å². The second-order valence-electron chi connectivity index (χ2n) is 7.33. The van der Waals surface area contributed by atoms with Crippen LogP contribution < -0.4 is 10.6 Å². The van der Waals surface area contributed by atoms with Crippen LogP contribution in [-0.4, -0.2) is 50.0 Å². The summed E-state index contributed by atoms with van der Waals surface area (Å²) in [5.41, 5.74) is 2.12. The summed E-state index contributed by atoms with van der Waals surface area (Å²) in [5.74, 6) is 2.02. The summed E-state index contributed by atoms with van der Waals surface area (Å²) < 4.78 is 0. The summed E-state index contributed by atoms with van der Waals surface area (Å²) in [4.78, 5) is 18.9. The molecule has 3 rings (SSSR count). The zero-order valence-electron chi connectivity index (χ0n) is 16.8. The number of carbonyl (C=O) groups is 1. The van der Waals surface area contributed by atoms with Crippen LogP contribution in [0.2, 0.25) is 0 Å². The molecule has 5 nitrogen and oxygen atoms in total. The molecule has 0 radical (unpaired) electrons. The quantitative estimate of drug-likeness (QED) is 0.477. The van der Waals surface area contributed by atoms with Gasteiger partial charge in [-0.05, 0) is 36.0 Å². The van der Waals surface area contributed by atoms with E-state index >= 15 is 0 Å². The predicted octanol–water partition coefficient (Wildman–Crippen LogP) is 3.12. The van der Waals surface area contributed by atoms with E-state index in [1.807, 2.05) is 37.4 Å². The van der Waals surface area contributed by atoms with Gasteiger partial charge in [0.2, 0.25) is 0 Å². The fraction of sp³-hybridized carbons (Fsp3) is 0.391. The van der Waals surface area contributed by atoms with Gasteiger partial charge in [0.25, 0.3) is 5.91 Å². The Morgan fingerprint density at radius 3 is 2.32 bits per heavy atom. The van der Waals surface area contributed by atoms with E-state index in [-0.39, 0.29) is 5.91 Å². The third kappa shape index (κ3) is 5.12. The molecule has 148 valence electrons. The van der Waals surface area contributed by atoms with E-state index in [0.29, 0.717) is 30.5 Å². The minimum atomic E-state index is -0.0466. The number of nitrogens with one attached hydrogen (secondary N) is 2. The molecule has 0 aromatic heterocycles. The average molecular weight is 379 g/mol. The highest BCUT2D eigenvalue weighted by Gasteiger charge is 2.28. The second-order valence-corrected chi connectivity index (χ2v) is 7.33. The van der Waals surface area contributed by atoms with Crippen LogP contribution in [0.15, 0.2) is 65.7 Å². The summed E-state index contributed by atoms with van der Waals surface area (Å²) in [6.07, 6.45) is 1.12. The third-order valence-corrected chi connectivity index (χ3v) is 5.37. The van der Waals surface area contributed by atoms with Gasteiger partial charge < -0.3 is 15.5 Å². The molecule has 1 heterocycles. The normalized spacial score (nSPS) is 19.9. The molecule has 28 heavy (non-hydrogen) atoms. The van der Waals surface area contributed by atoms with Crippen LogP contribution in [0.5, 0.6) is 0 Å². The van der Waals surface area contributed by atoms with Crippen molar-refractivity contribution in [2.45, 2.75) is 19.3 Å². The zero-order chi connectivity index (χ0) is 19.8. The zero-order valence-corrected chi connectivity index (χ0v) is 16.8. The molecule has 2 atom stereocenters. The number of amides is 1. The largest absolute Gasteiger partial charge is 0.354 e. The Hall–Kier alpha value is -2.82. The van der Waals surface area contributed by atoms with Crippen molar-refractivity contribution in [3.05, 3.63) is 71.8 Å². The van der Waals surface area contributed by atoms with Crippen LogP contribution >= 0.6 is 0 Å². The number of likely N-dealkylation sites (tertiary alicyclic amines) is 1. The molecule has 2 N–H and O–H groups in total. The van der Waals surface area contributed by atoms with Gasteiger partial charge in [-0.2, -0.15) is 0 Å². The number of guanidine groups is 1. The van der Waals surface area contributed by atoms with Crippen molar-refractivity contribution in [2.75, 3.05) is 33.2 Å². The number of hydrogen-bond acceptors (Lipinski definition) is 2. The van der Waals surface area contributed by atoms with Crippen molar-refractivity contribution in [3.8, 4) is 0 Å². The van der Waals surface area contributed by atoms with Gasteiger partial charge in [0.15, 0.2) is 5.96 Å². The van der Waals surface area contributed by atoms with E-state index in [4.69, 9.17) is 0 Å². The molecule has 1 aliphatic heterocycles. The second kappa shape index (κ2) is 9.93. The summed E-state index contributed by atoms with van der Waals surface area (Å²) >= 11 is 0. The van der Waals surface area contributed by atoms with Gasteiger partial charge in [-0.1, -0.05) is 55.5 Å². The number of benzene rings is 2. The standard InChI is InChI=1S/C23H30N4O/c1-18-17-27(16-13-21(18)19-9-5-3-6-10-19)23(24-2)26-15-14-25-22(28)20-11-7-4-8-12-20/h3-12,18,21H,13-17H2,1-2H3,(H,24,26)(H,25,28). The smallest absolute Gasteiger partial charge is 0.251 e. The van der Waals surface area contributed by atoms with Crippen LogP contribution in [0.1, 0.15) is 35.2 Å². The molecule has 1 aliphatic rings. The van der Waals surface area contributed by atoms with Crippen LogP contribution in [0.4, 0.5) is 0 Å². The number of piperidine rings is 1. The van der Waals surface area contributed by atoms with Crippen LogP contribution in [0.25, 0.3) is 0 Å². The lowest BCUT2D eigenvalue weighted by Crippen LogP contribution is -2.49. The molecule has 1 amide bonds. The highest BCUT2D eigenvalue weighted by atomic mass is 16.1. The molecule has 2 aromatic rings. The first-order valence-electron chi connectivity index (χ1n) is 10.0.